The largest absolute Gasteiger partial charge is 0.383 e. The van der Waals surface area contributed by atoms with Crippen LogP contribution in [0.1, 0.15) is 49.5 Å². The summed E-state index contributed by atoms with van der Waals surface area (Å²) in [5.74, 6) is -0.275. The number of carbonyl (C=O) groups is 3. The molecule has 2 saturated heterocycles. The highest BCUT2D eigenvalue weighted by Crippen LogP contribution is 2.39. The van der Waals surface area contributed by atoms with Gasteiger partial charge in [-0.25, -0.2) is 0 Å². The van der Waals surface area contributed by atoms with Crippen LogP contribution in [-0.2, 0) is 19.7 Å². The van der Waals surface area contributed by atoms with Crippen LogP contribution in [0.3, 0.4) is 0 Å². The van der Waals surface area contributed by atoms with E-state index in [1.54, 1.807) is 12.0 Å². The third-order valence-corrected chi connectivity index (χ3v) is 7.42. The third kappa shape index (κ3) is 5.64. The lowest BCUT2D eigenvalue weighted by Crippen LogP contribution is -2.57. The number of hydrogen-bond acceptors (Lipinski definition) is 5. The minimum absolute atomic E-state index is 0.00357. The van der Waals surface area contributed by atoms with E-state index in [4.69, 9.17) is 4.74 Å². The number of carbonyl (C=O) groups excluding carboxylic acids is 3. The summed E-state index contributed by atoms with van der Waals surface area (Å²) < 4.78 is 4.99. The molecule has 2 fully saturated rings. The van der Waals surface area contributed by atoms with Gasteiger partial charge in [-0.1, -0.05) is 51.1 Å². The van der Waals surface area contributed by atoms with Crippen LogP contribution in [0.4, 0.5) is 5.69 Å². The number of para-hydroxylation sites is 1. The number of amides is 3. The van der Waals surface area contributed by atoms with Crippen LogP contribution in [-0.4, -0.2) is 79.6 Å². The van der Waals surface area contributed by atoms with Crippen molar-refractivity contribution in [3.63, 3.8) is 0 Å². The van der Waals surface area contributed by atoms with Crippen LogP contribution in [0, 0.1) is 0 Å². The maximum Gasteiger partial charge on any atom is 0.253 e. The van der Waals surface area contributed by atoms with Gasteiger partial charge in [0.05, 0.1) is 13.3 Å². The fourth-order valence-corrected chi connectivity index (χ4v) is 5.22. The van der Waals surface area contributed by atoms with Crippen LogP contribution in [0.5, 0.6) is 0 Å². The highest BCUT2D eigenvalue weighted by molar-refractivity contribution is 5.97. The fraction of sp³-hybridized carbons (Fsp3) is 0.483. The molecule has 2 heterocycles. The third-order valence-electron chi connectivity index (χ3n) is 7.42. The van der Waals surface area contributed by atoms with Crippen molar-refractivity contribution in [3.8, 4) is 0 Å². The normalized spacial score (nSPS) is 17.4. The van der Waals surface area contributed by atoms with Crippen molar-refractivity contribution < 1.29 is 19.1 Å². The Kier molecular flexibility index (Phi) is 7.87. The van der Waals surface area contributed by atoms with E-state index < -0.39 is 5.54 Å². The molecule has 2 aromatic carbocycles. The molecular formula is C29H38N4O4. The number of likely N-dealkylation sites (tertiary alicyclic amines) is 1. The van der Waals surface area contributed by atoms with Gasteiger partial charge in [-0.2, -0.15) is 0 Å². The van der Waals surface area contributed by atoms with Gasteiger partial charge in [-0.3, -0.25) is 14.4 Å². The average molecular weight is 507 g/mol. The van der Waals surface area contributed by atoms with Gasteiger partial charge in [-0.15, -0.1) is 0 Å². The second kappa shape index (κ2) is 10.9. The van der Waals surface area contributed by atoms with Crippen molar-refractivity contribution in [2.75, 3.05) is 51.5 Å². The Balaban J connectivity index is 1.49. The van der Waals surface area contributed by atoms with E-state index in [0.717, 1.165) is 5.69 Å². The zero-order valence-electron chi connectivity index (χ0n) is 22.3. The number of nitrogens with zero attached hydrogens (tertiary/aromatic N) is 3. The summed E-state index contributed by atoms with van der Waals surface area (Å²) in [5, 5.41) is 2.80. The van der Waals surface area contributed by atoms with Gasteiger partial charge >= 0.3 is 0 Å². The molecule has 198 valence electrons. The number of nitrogens with one attached hydrogen (secondary N) is 1. The minimum Gasteiger partial charge on any atom is -0.383 e. The van der Waals surface area contributed by atoms with Crippen LogP contribution in [0.25, 0.3) is 0 Å². The van der Waals surface area contributed by atoms with Gasteiger partial charge in [0.25, 0.3) is 11.8 Å². The minimum atomic E-state index is -0.777. The van der Waals surface area contributed by atoms with Crippen LogP contribution in [0.2, 0.25) is 0 Å². The van der Waals surface area contributed by atoms with Crippen molar-refractivity contribution in [2.24, 2.45) is 0 Å². The number of ether oxygens (including phenoxy) is 1. The maximum atomic E-state index is 13.8. The average Bonchev–Trinajstić information content (AvgIpc) is 3.15. The standard InChI is InChI=1S/C29H38N4O4/c1-28(2,3)23-12-10-22(11-13-23)26(35)31-17-14-29(15-18-31)27(36)32(20-25(34)30-16-19-37-4)21-33(29)24-8-6-5-7-9-24/h5-13H,14-21H2,1-4H3,(H,30,34). The zero-order chi connectivity index (χ0) is 26.6. The number of methoxy groups -OCH3 is 1. The Morgan fingerprint density at radius 3 is 2.24 bits per heavy atom. The summed E-state index contributed by atoms with van der Waals surface area (Å²) in [5.41, 5.74) is 2.03. The molecule has 0 unspecified atom stereocenters. The highest BCUT2D eigenvalue weighted by Gasteiger charge is 2.54. The topological polar surface area (TPSA) is 82.2 Å². The molecule has 0 aliphatic carbocycles. The smallest absolute Gasteiger partial charge is 0.253 e. The lowest BCUT2D eigenvalue weighted by Gasteiger charge is -2.43. The molecule has 4 rings (SSSR count). The van der Waals surface area contributed by atoms with Gasteiger partial charge in [0, 0.05) is 38.0 Å². The van der Waals surface area contributed by atoms with Gasteiger partial charge in [0.1, 0.15) is 12.1 Å². The second-order valence-electron chi connectivity index (χ2n) is 10.9. The van der Waals surface area contributed by atoms with Crippen molar-refractivity contribution in [1.29, 1.82) is 0 Å². The van der Waals surface area contributed by atoms with Crippen LogP contribution in [0.15, 0.2) is 54.6 Å². The van der Waals surface area contributed by atoms with Crippen molar-refractivity contribution >= 4 is 23.4 Å². The number of anilines is 1. The first kappa shape index (κ1) is 26.7. The first-order valence-corrected chi connectivity index (χ1v) is 12.9. The molecule has 3 amide bonds. The van der Waals surface area contributed by atoms with Crippen molar-refractivity contribution in [1.82, 2.24) is 15.1 Å². The first-order chi connectivity index (χ1) is 17.7. The molecule has 37 heavy (non-hydrogen) atoms. The van der Waals surface area contributed by atoms with Crippen molar-refractivity contribution in [3.05, 3.63) is 65.7 Å². The summed E-state index contributed by atoms with van der Waals surface area (Å²) in [7, 11) is 1.58. The lowest BCUT2D eigenvalue weighted by molar-refractivity contribution is -0.137. The molecule has 8 heteroatoms. The molecule has 0 radical (unpaired) electrons. The molecule has 0 bridgehead atoms. The van der Waals surface area contributed by atoms with Crippen LogP contribution < -0.4 is 10.2 Å². The summed E-state index contributed by atoms with van der Waals surface area (Å²) in [6, 6.07) is 17.7. The fourth-order valence-electron chi connectivity index (χ4n) is 5.22. The maximum absolute atomic E-state index is 13.8. The molecule has 0 aromatic heterocycles. The second-order valence-corrected chi connectivity index (χ2v) is 10.9. The summed E-state index contributed by atoms with van der Waals surface area (Å²) in [4.78, 5) is 45.1. The summed E-state index contributed by atoms with van der Waals surface area (Å²) in [6.45, 7) is 8.55. The first-order valence-electron chi connectivity index (χ1n) is 12.9. The highest BCUT2D eigenvalue weighted by atomic mass is 16.5. The summed E-state index contributed by atoms with van der Waals surface area (Å²) in [6.07, 6.45) is 1.02. The molecule has 8 nitrogen and oxygen atoms in total. The molecule has 1 spiro atoms. The Labute approximate surface area is 219 Å². The molecule has 1 N–H and O–H groups in total. The number of benzene rings is 2. The monoisotopic (exact) mass is 506 g/mol. The van der Waals surface area contributed by atoms with E-state index in [1.807, 2.05) is 59.5 Å². The van der Waals surface area contributed by atoms with E-state index in [0.29, 0.717) is 51.3 Å². The lowest BCUT2D eigenvalue weighted by atomic mass is 9.84. The summed E-state index contributed by atoms with van der Waals surface area (Å²) >= 11 is 0. The van der Waals surface area contributed by atoms with Crippen LogP contribution >= 0.6 is 0 Å². The van der Waals surface area contributed by atoms with E-state index in [2.05, 4.69) is 31.0 Å². The van der Waals surface area contributed by atoms with E-state index in [9.17, 15) is 14.4 Å². The number of rotatable bonds is 7. The molecule has 2 aliphatic rings. The SMILES string of the molecule is COCCNC(=O)CN1CN(c2ccccc2)C2(CCN(C(=O)c3ccc(C(C)(C)C)cc3)CC2)C1=O. The molecule has 2 aliphatic heterocycles. The quantitative estimate of drug-likeness (QED) is 0.584. The molecule has 2 aromatic rings. The van der Waals surface area contributed by atoms with Gasteiger partial charge < -0.3 is 24.8 Å². The number of hydrogen-bond donors (Lipinski definition) is 1. The Bertz CT molecular complexity index is 1100. The van der Waals surface area contributed by atoms with Crippen molar-refractivity contribution in [2.45, 2.75) is 44.6 Å². The van der Waals surface area contributed by atoms with E-state index >= 15 is 0 Å². The predicted molar refractivity (Wildman–Crippen MR) is 143 cm³/mol. The van der Waals surface area contributed by atoms with E-state index in [1.165, 1.54) is 5.56 Å². The predicted octanol–water partition coefficient (Wildman–Crippen LogP) is 3.03. The van der Waals surface area contributed by atoms with Gasteiger partial charge in [0.2, 0.25) is 5.91 Å². The molecule has 0 atom stereocenters. The molecular weight excluding hydrogens is 468 g/mol. The van der Waals surface area contributed by atoms with Gasteiger partial charge in [0.15, 0.2) is 0 Å². The Morgan fingerprint density at radius 2 is 1.65 bits per heavy atom. The van der Waals surface area contributed by atoms with Gasteiger partial charge in [-0.05, 0) is 48.1 Å². The van der Waals surface area contributed by atoms with E-state index in [-0.39, 0.29) is 29.7 Å². The number of piperidine rings is 1. The zero-order valence-corrected chi connectivity index (χ0v) is 22.3. The Hall–Kier alpha value is -3.39. The Morgan fingerprint density at radius 1 is 1.00 bits per heavy atom. The molecule has 0 saturated carbocycles.